The van der Waals surface area contributed by atoms with Crippen LogP contribution in [0.5, 0.6) is 5.75 Å². The summed E-state index contributed by atoms with van der Waals surface area (Å²) in [5, 5.41) is 4.52. The van der Waals surface area contributed by atoms with E-state index in [9.17, 15) is 4.79 Å². The van der Waals surface area contributed by atoms with Crippen molar-refractivity contribution in [2.24, 2.45) is 0 Å². The maximum atomic E-state index is 12.6. The first-order valence-electron chi connectivity index (χ1n) is 8.19. The van der Waals surface area contributed by atoms with Crippen molar-refractivity contribution >= 4 is 0 Å². The van der Waals surface area contributed by atoms with Crippen molar-refractivity contribution < 1.29 is 4.74 Å². The van der Waals surface area contributed by atoms with Crippen LogP contribution >= 0.6 is 0 Å². The second kappa shape index (κ2) is 6.52. The Morgan fingerprint density at radius 1 is 1.16 bits per heavy atom. The Bertz CT molecular complexity index is 932. The summed E-state index contributed by atoms with van der Waals surface area (Å²) < 4.78 is 8.49. The lowest BCUT2D eigenvalue weighted by Crippen LogP contribution is -2.37. The number of aromatic nitrogens is 4. The quantitative estimate of drug-likeness (QED) is 0.721. The number of benzene rings is 1. The van der Waals surface area contributed by atoms with Crippen molar-refractivity contribution in [1.82, 2.24) is 24.2 Å². The summed E-state index contributed by atoms with van der Waals surface area (Å²) in [5.41, 5.74) is 1.83. The summed E-state index contributed by atoms with van der Waals surface area (Å²) in [6, 6.07) is 11.6. The topological polar surface area (TPSA) is 65.2 Å². The summed E-state index contributed by atoms with van der Waals surface area (Å²) in [4.78, 5) is 18.8. The van der Waals surface area contributed by atoms with E-state index in [4.69, 9.17) is 4.74 Å². The molecule has 0 atom stereocenters. The molecular formula is C18H19N5O2. The number of nitrogens with zero attached hydrogens (tertiary/aromatic N) is 5. The van der Waals surface area contributed by atoms with Gasteiger partial charge < -0.3 is 4.74 Å². The average molecular weight is 337 g/mol. The first kappa shape index (κ1) is 15.6. The predicted molar refractivity (Wildman–Crippen MR) is 92.7 cm³/mol. The van der Waals surface area contributed by atoms with Crippen molar-refractivity contribution in [2.75, 3.05) is 13.7 Å². The molecule has 3 aromatic rings. The normalized spacial score (nSPS) is 14.3. The fourth-order valence-electron chi connectivity index (χ4n) is 3.12. The van der Waals surface area contributed by atoms with Gasteiger partial charge in [-0.25, -0.2) is 4.79 Å². The summed E-state index contributed by atoms with van der Waals surface area (Å²) >= 11 is 0. The maximum absolute atomic E-state index is 12.6. The molecule has 4 rings (SSSR count). The van der Waals surface area contributed by atoms with Gasteiger partial charge in [0.25, 0.3) is 0 Å². The van der Waals surface area contributed by atoms with Gasteiger partial charge in [-0.1, -0.05) is 12.1 Å². The zero-order chi connectivity index (χ0) is 17.2. The lowest BCUT2D eigenvalue weighted by Gasteiger charge is -2.26. The molecule has 0 radical (unpaired) electrons. The summed E-state index contributed by atoms with van der Waals surface area (Å²) in [7, 11) is 1.67. The Morgan fingerprint density at radius 2 is 2.00 bits per heavy atom. The van der Waals surface area contributed by atoms with E-state index in [-0.39, 0.29) is 5.69 Å². The van der Waals surface area contributed by atoms with Crippen LogP contribution in [0.4, 0.5) is 0 Å². The Kier molecular flexibility index (Phi) is 4.07. The van der Waals surface area contributed by atoms with Crippen LogP contribution in [-0.2, 0) is 19.6 Å². The van der Waals surface area contributed by atoms with Crippen molar-refractivity contribution in [1.29, 1.82) is 0 Å². The van der Waals surface area contributed by atoms with Gasteiger partial charge in [-0.2, -0.15) is 4.68 Å². The van der Waals surface area contributed by atoms with Gasteiger partial charge in [-0.3, -0.25) is 14.5 Å². The minimum absolute atomic E-state index is 0.0952. The van der Waals surface area contributed by atoms with E-state index < -0.39 is 0 Å². The summed E-state index contributed by atoms with van der Waals surface area (Å²) in [6.07, 6.45) is 3.32. The van der Waals surface area contributed by atoms with E-state index in [1.54, 1.807) is 36.2 Å². The molecular weight excluding hydrogens is 318 g/mol. The highest BCUT2D eigenvalue weighted by Gasteiger charge is 2.22. The molecule has 0 N–H and O–H groups in total. The van der Waals surface area contributed by atoms with E-state index in [1.165, 1.54) is 10.2 Å². The first-order chi connectivity index (χ1) is 12.2. The molecule has 0 fully saturated rings. The highest BCUT2D eigenvalue weighted by atomic mass is 16.5. The predicted octanol–water partition coefficient (Wildman–Crippen LogP) is 1.45. The first-order valence-corrected chi connectivity index (χ1v) is 8.19. The molecule has 3 heterocycles. The molecule has 1 aromatic carbocycles. The number of hydrogen-bond donors (Lipinski definition) is 0. The van der Waals surface area contributed by atoms with Crippen molar-refractivity contribution in [3.8, 4) is 11.4 Å². The number of fused-ring (bicyclic) bond motifs is 1. The van der Waals surface area contributed by atoms with Gasteiger partial charge in [0, 0.05) is 32.0 Å². The van der Waals surface area contributed by atoms with E-state index in [0.717, 1.165) is 30.4 Å². The SMILES string of the molecule is COc1cccc(CN2CCn3c(nn(-c4ccncc4)c3=O)C2)c1. The van der Waals surface area contributed by atoms with Crippen LogP contribution in [0.2, 0.25) is 0 Å². The van der Waals surface area contributed by atoms with Gasteiger partial charge in [0.2, 0.25) is 0 Å². The number of hydrogen-bond acceptors (Lipinski definition) is 5. The number of ether oxygens (including phenoxy) is 1. The van der Waals surface area contributed by atoms with E-state index >= 15 is 0 Å². The van der Waals surface area contributed by atoms with Gasteiger partial charge in [0.15, 0.2) is 0 Å². The van der Waals surface area contributed by atoms with E-state index in [1.807, 2.05) is 18.2 Å². The molecule has 1 aliphatic heterocycles. The average Bonchev–Trinajstić information content (AvgIpc) is 2.99. The summed E-state index contributed by atoms with van der Waals surface area (Å²) in [6.45, 7) is 2.90. The smallest absolute Gasteiger partial charge is 0.350 e. The molecule has 1 aliphatic rings. The standard InChI is InChI=1S/C18H19N5O2/c1-25-16-4-2-3-14(11-16)12-21-9-10-22-17(13-21)20-23(18(22)24)15-5-7-19-8-6-15/h2-8,11H,9-10,12-13H2,1H3. The molecule has 0 aliphatic carbocycles. The Balaban J connectivity index is 1.56. The third-order valence-corrected chi connectivity index (χ3v) is 4.39. The molecule has 7 nitrogen and oxygen atoms in total. The highest BCUT2D eigenvalue weighted by molar-refractivity contribution is 5.29. The Labute approximate surface area is 145 Å². The van der Waals surface area contributed by atoms with Crippen LogP contribution in [0.15, 0.2) is 53.6 Å². The highest BCUT2D eigenvalue weighted by Crippen LogP contribution is 2.17. The molecule has 2 aromatic heterocycles. The molecule has 0 spiro atoms. The van der Waals surface area contributed by atoms with Crippen LogP contribution < -0.4 is 10.4 Å². The fourth-order valence-corrected chi connectivity index (χ4v) is 3.12. The maximum Gasteiger partial charge on any atom is 0.350 e. The molecule has 0 unspecified atom stereocenters. The van der Waals surface area contributed by atoms with Gasteiger partial charge in [-0.05, 0) is 29.8 Å². The number of rotatable bonds is 4. The zero-order valence-corrected chi connectivity index (χ0v) is 14.0. The van der Waals surface area contributed by atoms with Crippen LogP contribution in [0, 0.1) is 0 Å². The van der Waals surface area contributed by atoms with Crippen LogP contribution in [-0.4, -0.2) is 37.9 Å². The Morgan fingerprint density at radius 3 is 2.80 bits per heavy atom. The van der Waals surface area contributed by atoms with Crippen molar-refractivity contribution in [2.45, 2.75) is 19.6 Å². The molecule has 0 saturated heterocycles. The van der Waals surface area contributed by atoms with Gasteiger partial charge in [-0.15, -0.1) is 5.10 Å². The molecule has 0 saturated carbocycles. The second-order valence-corrected chi connectivity index (χ2v) is 6.03. The minimum Gasteiger partial charge on any atom is -0.497 e. The third-order valence-electron chi connectivity index (χ3n) is 4.39. The van der Waals surface area contributed by atoms with E-state index in [2.05, 4.69) is 21.0 Å². The van der Waals surface area contributed by atoms with Crippen LogP contribution in [0.3, 0.4) is 0 Å². The van der Waals surface area contributed by atoms with Crippen LogP contribution in [0.1, 0.15) is 11.4 Å². The van der Waals surface area contributed by atoms with Gasteiger partial charge >= 0.3 is 5.69 Å². The molecule has 0 bridgehead atoms. The molecule has 128 valence electrons. The second-order valence-electron chi connectivity index (χ2n) is 6.03. The fraction of sp³-hybridized carbons (Fsp3) is 0.278. The van der Waals surface area contributed by atoms with Crippen LogP contribution in [0.25, 0.3) is 5.69 Å². The largest absolute Gasteiger partial charge is 0.497 e. The number of methoxy groups -OCH3 is 1. The monoisotopic (exact) mass is 337 g/mol. The minimum atomic E-state index is -0.0952. The third kappa shape index (κ3) is 3.06. The lowest BCUT2D eigenvalue weighted by molar-refractivity contribution is 0.207. The van der Waals surface area contributed by atoms with Crippen molar-refractivity contribution in [3.63, 3.8) is 0 Å². The molecule has 25 heavy (non-hydrogen) atoms. The number of pyridine rings is 1. The molecule has 7 heteroatoms. The van der Waals surface area contributed by atoms with Gasteiger partial charge in [0.1, 0.15) is 11.6 Å². The Hall–Kier alpha value is -2.93. The molecule has 0 amide bonds. The lowest BCUT2D eigenvalue weighted by atomic mass is 10.2. The summed E-state index contributed by atoms with van der Waals surface area (Å²) in [5.74, 6) is 1.64. The van der Waals surface area contributed by atoms with Crippen molar-refractivity contribution in [3.05, 3.63) is 70.7 Å². The zero-order valence-electron chi connectivity index (χ0n) is 14.0. The van der Waals surface area contributed by atoms with E-state index in [0.29, 0.717) is 13.1 Å². The van der Waals surface area contributed by atoms with Gasteiger partial charge in [0.05, 0.1) is 19.3 Å².